The second-order valence-corrected chi connectivity index (χ2v) is 2.57. The third-order valence-electron chi connectivity index (χ3n) is 1.62. The smallest absolute Gasteiger partial charge is 0.264 e. The Morgan fingerprint density at radius 1 is 1.46 bits per heavy atom. The van der Waals surface area contributed by atoms with E-state index in [9.17, 15) is 4.79 Å². The van der Waals surface area contributed by atoms with Gasteiger partial charge in [-0.1, -0.05) is 0 Å². The van der Waals surface area contributed by atoms with Gasteiger partial charge in [0.25, 0.3) is 5.56 Å². The molecular weight excluding hydrogens is 170 g/mol. The topological polar surface area (TPSA) is 76.5 Å². The van der Waals surface area contributed by atoms with E-state index in [-0.39, 0.29) is 5.56 Å². The van der Waals surface area contributed by atoms with Crippen LogP contribution in [0, 0.1) is 0 Å². The number of nitrogens with one attached hydrogen (secondary N) is 1. The standard InChI is InChI=1S/C7H7N5O/c1-12-4-8-11-7(12)5-2-3-6(13)10-9-5/h2-4H,1H3,(H,10,13). The summed E-state index contributed by atoms with van der Waals surface area (Å²) in [6, 6.07) is 3.00. The highest BCUT2D eigenvalue weighted by Gasteiger charge is 2.04. The fourth-order valence-electron chi connectivity index (χ4n) is 0.984. The summed E-state index contributed by atoms with van der Waals surface area (Å²) in [5.41, 5.74) is 0.366. The molecule has 0 fully saturated rings. The number of aromatic nitrogens is 5. The molecule has 1 N–H and O–H groups in total. The second kappa shape index (κ2) is 2.81. The first-order chi connectivity index (χ1) is 6.27. The Morgan fingerprint density at radius 2 is 2.31 bits per heavy atom. The van der Waals surface area contributed by atoms with Gasteiger partial charge in [0, 0.05) is 13.1 Å². The van der Waals surface area contributed by atoms with Gasteiger partial charge in [0.05, 0.1) is 0 Å². The van der Waals surface area contributed by atoms with Crippen molar-refractivity contribution < 1.29 is 0 Å². The molecule has 0 aliphatic rings. The van der Waals surface area contributed by atoms with Crippen LogP contribution in [0.4, 0.5) is 0 Å². The average Bonchev–Trinajstić information content (AvgIpc) is 2.53. The SMILES string of the molecule is Cn1cnnc1-c1ccc(=O)[nH]n1. The molecule has 0 aromatic carbocycles. The van der Waals surface area contributed by atoms with Gasteiger partial charge in [0.15, 0.2) is 5.82 Å². The zero-order valence-electron chi connectivity index (χ0n) is 6.93. The predicted molar refractivity (Wildman–Crippen MR) is 44.9 cm³/mol. The summed E-state index contributed by atoms with van der Waals surface area (Å²) in [6.07, 6.45) is 1.57. The molecular formula is C7H7N5O. The highest BCUT2D eigenvalue weighted by Crippen LogP contribution is 2.08. The Bertz CT molecular complexity index is 451. The van der Waals surface area contributed by atoms with E-state index in [1.165, 1.54) is 6.07 Å². The molecule has 2 aromatic heterocycles. The van der Waals surface area contributed by atoms with Gasteiger partial charge in [-0.3, -0.25) is 4.79 Å². The van der Waals surface area contributed by atoms with Gasteiger partial charge in [-0.25, -0.2) is 5.10 Å². The molecule has 0 atom stereocenters. The lowest BCUT2D eigenvalue weighted by Gasteiger charge is -1.96. The molecule has 0 radical (unpaired) electrons. The van der Waals surface area contributed by atoms with Crippen LogP contribution < -0.4 is 5.56 Å². The Morgan fingerprint density at radius 3 is 2.85 bits per heavy atom. The first-order valence-corrected chi connectivity index (χ1v) is 3.67. The third kappa shape index (κ3) is 1.33. The second-order valence-electron chi connectivity index (χ2n) is 2.57. The van der Waals surface area contributed by atoms with E-state index >= 15 is 0 Å². The van der Waals surface area contributed by atoms with Gasteiger partial charge in [0.1, 0.15) is 12.0 Å². The highest BCUT2D eigenvalue weighted by atomic mass is 16.1. The van der Waals surface area contributed by atoms with Gasteiger partial charge in [-0.2, -0.15) is 5.10 Å². The van der Waals surface area contributed by atoms with Gasteiger partial charge < -0.3 is 4.57 Å². The molecule has 0 amide bonds. The Hall–Kier alpha value is -1.98. The van der Waals surface area contributed by atoms with Crippen molar-refractivity contribution in [2.75, 3.05) is 0 Å². The lowest BCUT2D eigenvalue weighted by atomic mass is 10.4. The lowest BCUT2D eigenvalue weighted by molar-refractivity contribution is 0.896. The molecule has 0 saturated heterocycles. The minimum absolute atomic E-state index is 0.231. The Labute approximate surface area is 73.2 Å². The molecule has 2 heterocycles. The number of aryl methyl sites for hydroxylation is 1. The van der Waals surface area contributed by atoms with Crippen molar-refractivity contribution >= 4 is 0 Å². The summed E-state index contributed by atoms with van der Waals surface area (Å²) >= 11 is 0. The van der Waals surface area contributed by atoms with Crippen LogP contribution in [0.25, 0.3) is 11.5 Å². The van der Waals surface area contributed by atoms with E-state index in [2.05, 4.69) is 20.4 Å². The van der Waals surface area contributed by atoms with Crippen LogP contribution in [0.3, 0.4) is 0 Å². The van der Waals surface area contributed by atoms with Crippen molar-refractivity contribution in [2.45, 2.75) is 0 Å². The maximum Gasteiger partial charge on any atom is 0.264 e. The van der Waals surface area contributed by atoms with Crippen molar-refractivity contribution in [1.82, 2.24) is 25.0 Å². The van der Waals surface area contributed by atoms with Crippen molar-refractivity contribution in [2.24, 2.45) is 7.05 Å². The first kappa shape index (κ1) is 7.66. The average molecular weight is 177 g/mol. The fraction of sp³-hybridized carbons (Fsp3) is 0.143. The van der Waals surface area contributed by atoms with Crippen LogP contribution in [0.5, 0.6) is 0 Å². The zero-order chi connectivity index (χ0) is 9.26. The lowest BCUT2D eigenvalue weighted by Crippen LogP contribution is -2.06. The van der Waals surface area contributed by atoms with Gasteiger partial charge >= 0.3 is 0 Å². The first-order valence-electron chi connectivity index (χ1n) is 3.67. The van der Waals surface area contributed by atoms with Crippen LogP contribution in [0.15, 0.2) is 23.3 Å². The normalized spacial score (nSPS) is 10.2. The molecule has 0 bridgehead atoms. The minimum Gasteiger partial charge on any atom is -0.315 e. The number of H-pyrrole nitrogens is 1. The maximum absolute atomic E-state index is 10.7. The van der Waals surface area contributed by atoms with E-state index in [0.29, 0.717) is 11.5 Å². The minimum atomic E-state index is -0.231. The van der Waals surface area contributed by atoms with E-state index in [0.717, 1.165) is 0 Å². The number of nitrogens with zero attached hydrogens (tertiary/aromatic N) is 4. The van der Waals surface area contributed by atoms with Crippen molar-refractivity contribution in [1.29, 1.82) is 0 Å². The maximum atomic E-state index is 10.7. The van der Waals surface area contributed by atoms with E-state index < -0.39 is 0 Å². The molecule has 0 saturated carbocycles. The number of hydrogen-bond acceptors (Lipinski definition) is 4. The van der Waals surface area contributed by atoms with Gasteiger partial charge in [-0.05, 0) is 6.07 Å². The number of rotatable bonds is 1. The Kier molecular flexibility index (Phi) is 1.66. The van der Waals surface area contributed by atoms with Crippen molar-refractivity contribution in [3.8, 4) is 11.5 Å². The van der Waals surface area contributed by atoms with E-state index in [1.807, 2.05) is 7.05 Å². The van der Waals surface area contributed by atoms with Crippen LogP contribution >= 0.6 is 0 Å². The van der Waals surface area contributed by atoms with Crippen LogP contribution in [-0.4, -0.2) is 25.0 Å². The van der Waals surface area contributed by atoms with E-state index in [1.54, 1.807) is 17.0 Å². The molecule has 2 aromatic rings. The largest absolute Gasteiger partial charge is 0.315 e. The molecule has 2 rings (SSSR count). The molecule has 6 heteroatoms. The summed E-state index contributed by atoms with van der Waals surface area (Å²) in [5.74, 6) is 0.622. The summed E-state index contributed by atoms with van der Waals surface area (Å²) < 4.78 is 1.72. The summed E-state index contributed by atoms with van der Waals surface area (Å²) in [4.78, 5) is 10.7. The quantitative estimate of drug-likeness (QED) is 0.641. The monoisotopic (exact) mass is 177 g/mol. The number of hydrogen-bond donors (Lipinski definition) is 1. The summed E-state index contributed by atoms with van der Waals surface area (Å²) in [6.45, 7) is 0. The van der Waals surface area contributed by atoms with Crippen molar-refractivity contribution in [3.63, 3.8) is 0 Å². The van der Waals surface area contributed by atoms with Gasteiger partial charge in [0.2, 0.25) is 0 Å². The van der Waals surface area contributed by atoms with Crippen molar-refractivity contribution in [3.05, 3.63) is 28.8 Å². The molecule has 0 spiro atoms. The molecule has 0 aliphatic heterocycles. The molecule has 66 valence electrons. The molecule has 0 unspecified atom stereocenters. The fourth-order valence-corrected chi connectivity index (χ4v) is 0.984. The van der Waals surface area contributed by atoms with E-state index in [4.69, 9.17) is 0 Å². The Balaban J connectivity index is 2.53. The van der Waals surface area contributed by atoms with Crippen LogP contribution in [0.1, 0.15) is 0 Å². The number of aromatic amines is 1. The predicted octanol–water partition coefficient (Wildman–Crippen LogP) is -0.435. The molecule has 6 nitrogen and oxygen atoms in total. The molecule has 13 heavy (non-hydrogen) atoms. The van der Waals surface area contributed by atoms with Crippen LogP contribution in [0.2, 0.25) is 0 Å². The summed E-state index contributed by atoms with van der Waals surface area (Å²) in [7, 11) is 1.81. The molecule has 0 aliphatic carbocycles. The third-order valence-corrected chi connectivity index (χ3v) is 1.62. The summed E-state index contributed by atoms with van der Waals surface area (Å²) in [5, 5.41) is 13.7. The van der Waals surface area contributed by atoms with Gasteiger partial charge in [-0.15, -0.1) is 10.2 Å². The zero-order valence-corrected chi connectivity index (χ0v) is 6.93. The van der Waals surface area contributed by atoms with Crippen LogP contribution in [-0.2, 0) is 7.05 Å². The highest BCUT2D eigenvalue weighted by molar-refractivity contribution is 5.46.